The molecule has 0 atom stereocenters. The van der Waals surface area contributed by atoms with Gasteiger partial charge in [-0.2, -0.15) is 0 Å². The van der Waals surface area contributed by atoms with Gasteiger partial charge in [0.1, 0.15) is 0 Å². The number of benzene rings is 8. The Morgan fingerprint density at radius 3 is 1.49 bits per heavy atom. The maximum atomic E-state index is 2.43. The van der Waals surface area contributed by atoms with Crippen LogP contribution >= 0.6 is 0 Å². The Morgan fingerprint density at radius 2 is 0.800 bits per heavy atom. The van der Waals surface area contributed by atoms with Gasteiger partial charge in [-0.3, -0.25) is 0 Å². The first-order valence-corrected chi connectivity index (χ1v) is 15.8. The second-order valence-electron chi connectivity index (χ2n) is 13.0. The van der Waals surface area contributed by atoms with E-state index in [4.69, 9.17) is 0 Å². The second-order valence-corrected chi connectivity index (χ2v) is 13.0. The van der Waals surface area contributed by atoms with Crippen LogP contribution in [-0.2, 0) is 5.41 Å². The molecule has 1 aliphatic rings. The smallest absolute Gasteiger partial charge is 0.0165 e. The summed E-state index contributed by atoms with van der Waals surface area (Å²) in [6.07, 6.45) is 0. The molecular formula is C45H32. The monoisotopic (exact) mass is 572 g/mol. The largest absolute Gasteiger partial charge is 0.0616 e. The summed E-state index contributed by atoms with van der Waals surface area (Å²) in [6.45, 7) is 4.76. The maximum absolute atomic E-state index is 2.43. The van der Waals surface area contributed by atoms with E-state index < -0.39 is 0 Å². The summed E-state index contributed by atoms with van der Waals surface area (Å²) in [4.78, 5) is 0. The Morgan fingerprint density at radius 1 is 0.333 bits per heavy atom. The quantitative estimate of drug-likeness (QED) is 0.197. The SMILES string of the molecule is CC1(C)c2cc(-c3cccc(-c4ccc5cc(-c6ccc7ccccc7c6)ccc5c4)c3)ccc2-c2ccc3ccccc3c21. The topological polar surface area (TPSA) is 0 Å². The average molecular weight is 573 g/mol. The van der Waals surface area contributed by atoms with Crippen LogP contribution in [-0.4, -0.2) is 0 Å². The van der Waals surface area contributed by atoms with E-state index >= 15 is 0 Å². The predicted octanol–water partition coefficient (Wildman–Crippen LogP) is 12.5. The molecule has 0 amide bonds. The molecule has 0 fully saturated rings. The first kappa shape index (κ1) is 26.0. The van der Waals surface area contributed by atoms with E-state index in [0.717, 1.165) is 0 Å². The van der Waals surface area contributed by atoms with Gasteiger partial charge in [-0.25, -0.2) is 0 Å². The van der Waals surface area contributed by atoms with Gasteiger partial charge in [-0.05, 0) is 118 Å². The highest BCUT2D eigenvalue weighted by atomic mass is 14.4. The Balaban J connectivity index is 1.06. The van der Waals surface area contributed by atoms with Gasteiger partial charge in [0.15, 0.2) is 0 Å². The highest BCUT2D eigenvalue weighted by Gasteiger charge is 2.37. The van der Waals surface area contributed by atoms with Crippen molar-refractivity contribution in [3.05, 3.63) is 169 Å². The summed E-state index contributed by atoms with van der Waals surface area (Å²) in [7, 11) is 0. The zero-order valence-electron chi connectivity index (χ0n) is 25.5. The van der Waals surface area contributed by atoms with E-state index in [1.807, 2.05) is 0 Å². The molecule has 0 heteroatoms. The first-order valence-electron chi connectivity index (χ1n) is 15.8. The third-order valence-corrected chi connectivity index (χ3v) is 9.99. The highest BCUT2D eigenvalue weighted by molar-refractivity contribution is 5.98. The van der Waals surface area contributed by atoms with Crippen molar-refractivity contribution < 1.29 is 0 Å². The zero-order chi connectivity index (χ0) is 30.1. The lowest BCUT2D eigenvalue weighted by Gasteiger charge is -2.23. The minimum Gasteiger partial charge on any atom is -0.0616 e. The highest BCUT2D eigenvalue weighted by Crippen LogP contribution is 2.52. The fourth-order valence-electron chi connectivity index (χ4n) is 7.63. The van der Waals surface area contributed by atoms with Crippen LogP contribution in [0.25, 0.3) is 76.8 Å². The molecule has 0 bridgehead atoms. The molecular weight excluding hydrogens is 540 g/mol. The van der Waals surface area contributed by atoms with E-state index in [-0.39, 0.29) is 5.41 Å². The number of hydrogen-bond acceptors (Lipinski definition) is 0. The molecule has 0 saturated heterocycles. The number of hydrogen-bond donors (Lipinski definition) is 0. The summed E-state index contributed by atoms with van der Waals surface area (Å²) < 4.78 is 0. The van der Waals surface area contributed by atoms with Crippen molar-refractivity contribution >= 4 is 32.3 Å². The number of fused-ring (bicyclic) bond motifs is 7. The molecule has 0 aromatic heterocycles. The molecule has 0 heterocycles. The molecule has 9 rings (SSSR count). The summed E-state index contributed by atoms with van der Waals surface area (Å²) in [5, 5.41) is 7.73. The fraction of sp³-hybridized carbons (Fsp3) is 0.0667. The lowest BCUT2D eigenvalue weighted by Crippen LogP contribution is -2.15. The molecule has 0 nitrogen and oxygen atoms in total. The molecule has 8 aromatic carbocycles. The van der Waals surface area contributed by atoms with Crippen molar-refractivity contribution in [2.75, 3.05) is 0 Å². The van der Waals surface area contributed by atoms with Crippen LogP contribution in [0.4, 0.5) is 0 Å². The molecule has 0 radical (unpaired) electrons. The van der Waals surface area contributed by atoms with Crippen LogP contribution in [0.2, 0.25) is 0 Å². The molecule has 0 saturated carbocycles. The first-order chi connectivity index (χ1) is 22.0. The van der Waals surface area contributed by atoms with Crippen molar-refractivity contribution in [3.63, 3.8) is 0 Å². The van der Waals surface area contributed by atoms with Gasteiger partial charge in [0.2, 0.25) is 0 Å². The van der Waals surface area contributed by atoms with Crippen LogP contribution in [0.15, 0.2) is 158 Å². The Hall–Kier alpha value is -5.46. The molecule has 8 aromatic rings. The van der Waals surface area contributed by atoms with Gasteiger partial charge in [0.25, 0.3) is 0 Å². The van der Waals surface area contributed by atoms with Gasteiger partial charge in [0, 0.05) is 5.41 Å². The van der Waals surface area contributed by atoms with Gasteiger partial charge < -0.3 is 0 Å². The van der Waals surface area contributed by atoms with E-state index in [0.29, 0.717) is 0 Å². The standard InChI is InChI=1S/C45H32/c1-45(2)43-28-39(21-22-41(43)42-23-20-30-9-5-6-13-40(30)44(42)45)33-12-7-11-32(25-33)34-16-17-38-27-37(19-18-36(38)26-34)35-15-14-29-8-3-4-10-31(29)24-35/h3-28H,1-2H3. The maximum Gasteiger partial charge on any atom is 0.0165 e. The molecule has 1 aliphatic carbocycles. The van der Waals surface area contributed by atoms with E-state index in [2.05, 4.69) is 172 Å². The minimum atomic E-state index is -0.0663. The van der Waals surface area contributed by atoms with Gasteiger partial charge in [-0.15, -0.1) is 0 Å². The summed E-state index contributed by atoms with van der Waals surface area (Å²) >= 11 is 0. The lowest BCUT2D eigenvalue weighted by atomic mass is 9.79. The molecule has 0 spiro atoms. The van der Waals surface area contributed by atoms with Gasteiger partial charge in [-0.1, -0.05) is 141 Å². The predicted molar refractivity (Wildman–Crippen MR) is 193 cm³/mol. The third-order valence-electron chi connectivity index (χ3n) is 9.99. The molecule has 0 N–H and O–H groups in total. The van der Waals surface area contributed by atoms with Crippen molar-refractivity contribution in [3.8, 4) is 44.5 Å². The molecule has 45 heavy (non-hydrogen) atoms. The van der Waals surface area contributed by atoms with Crippen LogP contribution in [0.3, 0.4) is 0 Å². The van der Waals surface area contributed by atoms with Crippen LogP contribution in [0, 0.1) is 0 Å². The Bertz CT molecular complexity index is 2460. The van der Waals surface area contributed by atoms with Crippen molar-refractivity contribution in [2.45, 2.75) is 19.3 Å². The van der Waals surface area contributed by atoms with Crippen LogP contribution < -0.4 is 0 Å². The third kappa shape index (κ3) is 4.14. The van der Waals surface area contributed by atoms with E-state index in [1.165, 1.54) is 88.0 Å². The van der Waals surface area contributed by atoms with Crippen LogP contribution in [0.1, 0.15) is 25.0 Å². The zero-order valence-corrected chi connectivity index (χ0v) is 25.5. The number of rotatable bonds is 3. The lowest BCUT2D eigenvalue weighted by molar-refractivity contribution is 0.666. The van der Waals surface area contributed by atoms with Crippen molar-refractivity contribution in [2.24, 2.45) is 0 Å². The molecule has 0 unspecified atom stereocenters. The van der Waals surface area contributed by atoms with Crippen molar-refractivity contribution in [1.82, 2.24) is 0 Å². The van der Waals surface area contributed by atoms with Gasteiger partial charge >= 0.3 is 0 Å². The van der Waals surface area contributed by atoms with E-state index in [9.17, 15) is 0 Å². The summed E-state index contributed by atoms with van der Waals surface area (Å²) in [5.41, 5.74) is 13.0. The molecule has 212 valence electrons. The summed E-state index contributed by atoms with van der Waals surface area (Å²) in [6, 6.07) is 58.4. The van der Waals surface area contributed by atoms with E-state index in [1.54, 1.807) is 0 Å². The fourth-order valence-corrected chi connectivity index (χ4v) is 7.63. The Labute approximate surface area is 264 Å². The minimum absolute atomic E-state index is 0.0663. The van der Waals surface area contributed by atoms with Gasteiger partial charge in [0.05, 0.1) is 0 Å². The molecule has 0 aliphatic heterocycles. The van der Waals surface area contributed by atoms with Crippen LogP contribution in [0.5, 0.6) is 0 Å². The second kappa shape index (κ2) is 9.78. The van der Waals surface area contributed by atoms with Crippen molar-refractivity contribution in [1.29, 1.82) is 0 Å². The average Bonchev–Trinajstić information content (AvgIpc) is 3.33. The normalized spacial score (nSPS) is 13.3. The Kier molecular flexibility index (Phi) is 5.64. The summed E-state index contributed by atoms with van der Waals surface area (Å²) in [5.74, 6) is 0.